The van der Waals surface area contributed by atoms with Gasteiger partial charge < -0.3 is 8.98 Å². The van der Waals surface area contributed by atoms with Gasteiger partial charge in [-0.15, -0.1) is 0 Å². The van der Waals surface area contributed by atoms with E-state index in [1.807, 2.05) is 41.1 Å². The van der Waals surface area contributed by atoms with E-state index in [-0.39, 0.29) is 5.69 Å². The SMILES string of the molecule is O=[N+]([O-])c1ccc2oc(-c3ccccc3Cn3ccnc3)cc2c1. The molecule has 0 amide bonds. The summed E-state index contributed by atoms with van der Waals surface area (Å²) in [5.41, 5.74) is 2.74. The van der Waals surface area contributed by atoms with E-state index in [1.54, 1.807) is 18.6 Å². The molecule has 0 radical (unpaired) electrons. The van der Waals surface area contributed by atoms with Crippen molar-refractivity contribution in [3.8, 4) is 11.3 Å². The number of fused-ring (bicyclic) bond motifs is 1. The first-order valence-electron chi connectivity index (χ1n) is 7.43. The van der Waals surface area contributed by atoms with Crippen LogP contribution >= 0.6 is 0 Å². The second kappa shape index (κ2) is 5.66. The molecule has 118 valence electrons. The summed E-state index contributed by atoms with van der Waals surface area (Å²) < 4.78 is 7.88. The Bertz CT molecular complexity index is 1020. The molecule has 0 spiro atoms. The lowest BCUT2D eigenvalue weighted by molar-refractivity contribution is -0.384. The van der Waals surface area contributed by atoms with E-state index in [4.69, 9.17) is 4.42 Å². The molecular formula is C18H13N3O3. The minimum atomic E-state index is -0.404. The Balaban J connectivity index is 1.78. The van der Waals surface area contributed by atoms with Gasteiger partial charge in [-0.05, 0) is 17.7 Å². The Morgan fingerprint density at radius 3 is 2.83 bits per heavy atom. The molecule has 2 aromatic heterocycles. The van der Waals surface area contributed by atoms with Crippen LogP contribution in [-0.2, 0) is 6.54 Å². The Labute approximate surface area is 137 Å². The first kappa shape index (κ1) is 14.2. The molecule has 0 saturated heterocycles. The second-order valence-corrected chi connectivity index (χ2v) is 5.48. The fourth-order valence-electron chi connectivity index (χ4n) is 2.75. The van der Waals surface area contributed by atoms with Crippen LogP contribution in [0.5, 0.6) is 0 Å². The van der Waals surface area contributed by atoms with Gasteiger partial charge in [0.25, 0.3) is 5.69 Å². The molecule has 0 saturated carbocycles. The first-order chi connectivity index (χ1) is 11.7. The van der Waals surface area contributed by atoms with E-state index in [2.05, 4.69) is 4.98 Å². The zero-order chi connectivity index (χ0) is 16.5. The molecule has 0 aliphatic heterocycles. The summed E-state index contributed by atoms with van der Waals surface area (Å²) in [6.45, 7) is 0.674. The van der Waals surface area contributed by atoms with Crippen molar-refractivity contribution in [3.05, 3.63) is 82.9 Å². The lowest BCUT2D eigenvalue weighted by atomic mass is 10.0. The number of hydrogen-bond donors (Lipinski definition) is 0. The van der Waals surface area contributed by atoms with Crippen molar-refractivity contribution < 1.29 is 9.34 Å². The number of aromatic nitrogens is 2. The Hall–Kier alpha value is -3.41. The van der Waals surface area contributed by atoms with Crippen LogP contribution in [0.15, 0.2) is 71.7 Å². The number of rotatable bonds is 4. The molecule has 0 atom stereocenters. The van der Waals surface area contributed by atoms with E-state index in [1.165, 1.54) is 12.1 Å². The maximum Gasteiger partial charge on any atom is 0.270 e. The molecular weight excluding hydrogens is 306 g/mol. The van der Waals surface area contributed by atoms with Crippen LogP contribution in [0.4, 0.5) is 5.69 Å². The summed E-state index contributed by atoms with van der Waals surface area (Å²) in [4.78, 5) is 14.6. The van der Waals surface area contributed by atoms with Gasteiger partial charge in [0.1, 0.15) is 11.3 Å². The molecule has 0 N–H and O–H groups in total. The van der Waals surface area contributed by atoms with Crippen molar-refractivity contribution in [2.75, 3.05) is 0 Å². The fraction of sp³-hybridized carbons (Fsp3) is 0.0556. The summed E-state index contributed by atoms with van der Waals surface area (Å²) in [5, 5.41) is 11.6. The minimum Gasteiger partial charge on any atom is -0.456 e. The van der Waals surface area contributed by atoms with Crippen LogP contribution in [-0.4, -0.2) is 14.5 Å². The minimum absolute atomic E-state index is 0.0570. The number of benzene rings is 2. The highest BCUT2D eigenvalue weighted by molar-refractivity contribution is 5.85. The molecule has 2 heterocycles. The maximum absolute atomic E-state index is 10.9. The van der Waals surface area contributed by atoms with E-state index in [9.17, 15) is 10.1 Å². The summed E-state index contributed by atoms with van der Waals surface area (Å²) in [5.74, 6) is 0.696. The lowest BCUT2D eigenvalue weighted by Crippen LogP contribution is -1.98. The number of nitrogens with zero attached hydrogens (tertiary/aromatic N) is 3. The normalized spacial score (nSPS) is 11.0. The standard InChI is InChI=1S/C18H13N3O3/c22-21(23)15-5-6-17-14(9-15)10-18(24-17)16-4-2-1-3-13(16)11-20-8-7-19-12-20/h1-10,12H,11H2. The Kier molecular flexibility index (Phi) is 3.35. The van der Waals surface area contributed by atoms with Crippen molar-refractivity contribution in [1.29, 1.82) is 0 Å². The van der Waals surface area contributed by atoms with Gasteiger partial charge in [-0.2, -0.15) is 0 Å². The van der Waals surface area contributed by atoms with Crippen molar-refractivity contribution in [1.82, 2.24) is 9.55 Å². The number of imidazole rings is 1. The zero-order valence-electron chi connectivity index (χ0n) is 12.6. The van der Waals surface area contributed by atoms with Crippen LogP contribution in [0.25, 0.3) is 22.3 Å². The average Bonchev–Trinajstić information content (AvgIpc) is 3.23. The molecule has 24 heavy (non-hydrogen) atoms. The topological polar surface area (TPSA) is 74.1 Å². The third-order valence-electron chi connectivity index (χ3n) is 3.91. The molecule has 2 aromatic carbocycles. The highest BCUT2D eigenvalue weighted by Gasteiger charge is 2.13. The molecule has 4 rings (SSSR count). The molecule has 0 fully saturated rings. The summed E-state index contributed by atoms with van der Waals surface area (Å²) >= 11 is 0. The maximum atomic E-state index is 10.9. The smallest absolute Gasteiger partial charge is 0.270 e. The third-order valence-corrected chi connectivity index (χ3v) is 3.91. The first-order valence-corrected chi connectivity index (χ1v) is 7.43. The Morgan fingerprint density at radius 1 is 1.17 bits per heavy atom. The largest absolute Gasteiger partial charge is 0.456 e. The molecule has 6 nitrogen and oxygen atoms in total. The van der Waals surface area contributed by atoms with Crippen molar-refractivity contribution in [2.45, 2.75) is 6.54 Å². The zero-order valence-corrected chi connectivity index (χ0v) is 12.6. The highest BCUT2D eigenvalue weighted by atomic mass is 16.6. The lowest BCUT2D eigenvalue weighted by Gasteiger charge is -2.07. The van der Waals surface area contributed by atoms with Crippen molar-refractivity contribution in [3.63, 3.8) is 0 Å². The third kappa shape index (κ3) is 2.54. The predicted molar refractivity (Wildman–Crippen MR) is 89.6 cm³/mol. The van der Waals surface area contributed by atoms with Crippen LogP contribution in [0, 0.1) is 10.1 Å². The molecule has 0 unspecified atom stereocenters. The molecule has 6 heteroatoms. The average molecular weight is 319 g/mol. The molecule has 4 aromatic rings. The fourth-order valence-corrected chi connectivity index (χ4v) is 2.75. The van der Waals surface area contributed by atoms with Gasteiger partial charge in [-0.3, -0.25) is 10.1 Å². The highest BCUT2D eigenvalue weighted by Crippen LogP contribution is 2.32. The van der Waals surface area contributed by atoms with Crippen molar-refractivity contribution >= 4 is 16.7 Å². The number of nitro groups is 1. The molecule has 0 aliphatic rings. The monoisotopic (exact) mass is 319 g/mol. The van der Waals surface area contributed by atoms with E-state index < -0.39 is 4.92 Å². The quantitative estimate of drug-likeness (QED) is 0.416. The second-order valence-electron chi connectivity index (χ2n) is 5.48. The van der Waals surface area contributed by atoms with Crippen LogP contribution < -0.4 is 0 Å². The van der Waals surface area contributed by atoms with Gasteiger partial charge in [0.15, 0.2) is 0 Å². The van der Waals surface area contributed by atoms with E-state index in [0.717, 1.165) is 16.5 Å². The van der Waals surface area contributed by atoms with E-state index in [0.29, 0.717) is 17.9 Å². The molecule has 0 bridgehead atoms. The number of nitro benzene ring substituents is 1. The van der Waals surface area contributed by atoms with Crippen LogP contribution in [0.3, 0.4) is 0 Å². The van der Waals surface area contributed by atoms with Gasteiger partial charge in [-0.1, -0.05) is 24.3 Å². The van der Waals surface area contributed by atoms with Crippen molar-refractivity contribution in [2.24, 2.45) is 0 Å². The van der Waals surface area contributed by atoms with Gasteiger partial charge >= 0.3 is 0 Å². The number of hydrogen-bond acceptors (Lipinski definition) is 4. The summed E-state index contributed by atoms with van der Waals surface area (Å²) in [7, 11) is 0. The summed E-state index contributed by atoms with van der Waals surface area (Å²) in [6, 6.07) is 14.4. The summed E-state index contributed by atoms with van der Waals surface area (Å²) in [6.07, 6.45) is 5.40. The van der Waals surface area contributed by atoms with Gasteiger partial charge in [0, 0.05) is 42.0 Å². The number of non-ortho nitro benzene ring substituents is 1. The van der Waals surface area contributed by atoms with Gasteiger partial charge in [-0.25, -0.2) is 4.98 Å². The number of furan rings is 1. The van der Waals surface area contributed by atoms with Gasteiger partial charge in [0.2, 0.25) is 0 Å². The predicted octanol–water partition coefficient (Wildman–Crippen LogP) is 4.25. The van der Waals surface area contributed by atoms with E-state index >= 15 is 0 Å². The molecule has 0 aliphatic carbocycles. The van der Waals surface area contributed by atoms with Gasteiger partial charge in [0.05, 0.1) is 11.3 Å². The Morgan fingerprint density at radius 2 is 2.04 bits per heavy atom. The van der Waals surface area contributed by atoms with Crippen LogP contribution in [0.2, 0.25) is 0 Å². The van der Waals surface area contributed by atoms with Crippen LogP contribution in [0.1, 0.15) is 5.56 Å².